The second kappa shape index (κ2) is 7.18. The summed E-state index contributed by atoms with van der Waals surface area (Å²) in [5.41, 5.74) is 0. The lowest BCUT2D eigenvalue weighted by Crippen LogP contribution is -2.44. The largest absolute Gasteiger partial charge is 0.493 e. The van der Waals surface area contributed by atoms with Crippen LogP contribution in [0.15, 0.2) is 23.1 Å². The molecule has 0 bridgehead atoms. The van der Waals surface area contributed by atoms with Crippen LogP contribution in [0, 0.1) is 5.92 Å². The van der Waals surface area contributed by atoms with Crippen LogP contribution in [0.25, 0.3) is 0 Å². The van der Waals surface area contributed by atoms with E-state index < -0.39 is 10.0 Å². The third-order valence-electron chi connectivity index (χ3n) is 3.99. The van der Waals surface area contributed by atoms with Gasteiger partial charge < -0.3 is 14.8 Å². The molecule has 8 heteroatoms. The Morgan fingerprint density at radius 1 is 1.26 bits per heavy atom. The summed E-state index contributed by atoms with van der Waals surface area (Å²) in [6.07, 6.45) is 1.35. The van der Waals surface area contributed by atoms with Gasteiger partial charge in [-0.15, -0.1) is 0 Å². The van der Waals surface area contributed by atoms with Gasteiger partial charge in [0.15, 0.2) is 11.5 Å². The lowest BCUT2D eigenvalue weighted by Gasteiger charge is -2.31. The number of hydrogen-bond donors (Lipinski definition) is 1. The molecule has 128 valence electrons. The van der Waals surface area contributed by atoms with Crippen LogP contribution in [-0.4, -0.2) is 53.0 Å². The summed E-state index contributed by atoms with van der Waals surface area (Å²) in [6, 6.07) is 4.49. The van der Waals surface area contributed by atoms with Crippen molar-refractivity contribution in [2.24, 2.45) is 5.92 Å². The zero-order chi connectivity index (χ0) is 17.0. The van der Waals surface area contributed by atoms with Crippen LogP contribution in [0.1, 0.15) is 12.8 Å². The van der Waals surface area contributed by atoms with Crippen LogP contribution in [-0.2, 0) is 14.8 Å². The third-order valence-corrected chi connectivity index (χ3v) is 5.86. The van der Waals surface area contributed by atoms with Gasteiger partial charge in [-0.1, -0.05) is 0 Å². The minimum Gasteiger partial charge on any atom is -0.493 e. The maximum Gasteiger partial charge on any atom is 0.243 e. The van der Waals surface area contributed by atoms with Crippen LogP contribution in [0.4, 0.5) is 0 Å². The number of rotatable bonds is 5. The van der Waals surface area contributed by atoms with E-state index in [2.05, 4.69) is 5.32 Å². The van der Waals surface area contributed by atoms with Gasteiger partial charge in [0, 0.05) is 26.2 Å². The minimum atomic E-state index is -3.68. The molecule has 1 amide bonds. The smallest absolute Gasteiger partial charge is 0.243 e. The van der Waals surface area contributed by atoms with E-state index in [0.717, 1.165) is 0 Å². The monoisotopic (exact) mass is 342 g/mol. The highest BCUT2D eigenvalue weighted by atomic mass is 32.2. The predicted octanol–water partition coefficient (Wildman–Crippen LogP) is 0.850. The van der Waals surface area contributed by atoms with Gasteiger partial charge in [0.25, 0.3) is 0 Å². The average molecular weight is 342 g/mol. The van der Waals surface area contributed by atoms with Crippen LogP contribution < -0.4 is 14.8 Å². The lowest BCUT2D eigenvalue weighted by atomic mass is 9.99. The summed E-state index contributed by atoms with van der Waals surface area (Å²) in [5, 5.41) is 2.58. The molecule has 1 fully saturated rings. The first-order chi connectivity index (χ1) is 10.9. The van der Waals surface area contributed by atoms with Crippen molar-refractivity contribution in [1.29, 1.82) is 0 Å². The van der Waals surface area contributed by atoms with E-state index in [0.29, 0.717) is 30.9 Å². The Morgan fingerprint density at radius 2 is 1.96 bits per heavy atom. The summed E-state index contributed by atoms with van der Waals surface area (Å²) < 4.78 is 37.3. The van der Waals surface area contributed by atoms with Crippen molar-refractivity contribution >= 4 is 15.9 Å². The third kappa shape index (κ3) is 3.59. The molecular formula is C15H22N2O5S. The topological polar surface area (TPSA) is 84.9 Å². The Balaban J connectivity index is 2.29. The molecule has 7 nitrogen and oxygen atoms in total. The van der Waals surface area contributed by atoms with Crippen LogP contribution >= 0.6 is 0 Å². The number of methoxy groups -OCH3 is 2. The van der Waals surface area contributed by atoms with Crippen molar-refractivity contribution in [2.45, 2.75) is 17.7 Å². The Hall–Kier alpha value is -1.80. The van der Waals surface area contributed by atoms with Crippen molar-refractivity contribution < 1.29 is 22.7 Å². The fourth-order valence-electron chi connectivity index (χ4n) is 2.70. The molecule has 1 atom stereocenters. The molecule has 0 radical (unpaired) electrons. The SMILES string of the molecule is CNC(=O)[C@@H]1CCCN(S(=O)(=O)c2ccc(OC)c(OC)c2)C1. The fourth-order valence-corrected chi connectivity index (χ4v) is 4.24. The van der Waals surface area contributed by atoms with E-state index in [1.165, 1.54) is 30.7 Å². The number of amides is 1. The number of nitrogens with zero attached hydrogens (tertiary/aromatic N) is 1. The van der Waals surface area contributed by atoms with Gasteiger partial charge >= 0.3 is 0 Å². The number of carbonyl (C=O) groups excluding carboxylic acids is 1. The van der Waals surface area contributed by atoms with Gasteiger partial charge in [-0.2, -0.15) is 4.31 Å². The summed E-state index contributed by atoms with van der Waals surface area (Å²) in [7, 11) is 0.829. The second-order valence-corrected chi connectivity index (χ2v) is 7.27. The lowest BCUT2D eigenvalue weighted by molar-refractivity contribution is -0.125. The van der Waals surface area contributed by atoms with Gasteiger partial charge in [-0.3, -0.25) is 4.79 Å². The highest BCUT2D eigenvalue weighted by molar-refractivity contribution is 7.89. The average Bonchev–Trinajstić information content (AvgIpc) is 2.60. The molecular weight excluding hydrogens is 320 g/mol. The molecule has 0 aromatic heterocycles. The van der Waals surface area contributed by atoms with Crippen LogP contribution in [0.2, 0.25) is 0 Å². The summed E-state index contributed by atoms with van der Waals surface area (Å²) in [6.45, 7) is 0.598. The molecule has 1 aliphatic heterocycles. The number of sulfonamides is 1. The van der Waals surface area contributed by atoms with E-state index in [1.807, 2.05) is 0 Å². The number of hydrogen-bond acceptors (Lipinski definition) is 5. The molecule has 1 saturated heterocycles. The van der Waals surface area contributed by atoms with Crippen molar-refractivity contribution in [3.8, 4) is 11.5 Å². The van der Waals surface area contributed by atoms with Crippen molar-refractivity contribution in [2.75, 3.05) is 34.4 Å². The molecule has 1 N–H and O–H groups in total. The Bertz CT molecular complexity index is 674. The minimum absolute atomic E-state index is 0.128. The molecule has 2 rings (SSSR count). The molecule has 0 unspecified atom stereocenters. The molecule has 1 aliphatic rings. The second-order valence-electron chi connectivity index (χ2n) is 5.33. The first-order valence-corrected chi connectivity index (χ1v) is 8.81. The molecule has 1 aromatic carbocycles. The number of carbonyl (C=O) groups is 1. The van der Waals surface area contributed by atoms with Crippen molar-refractivity contribution in [3.63, 3.8) is 0 Å². The van der Waals surface area contributed by atoms with Gasteiger partial charge in [0.1, 0.15) is 0 Å². The Labute approximate surface area is 136 Å². The maximum atomic E-state index is 12.8. The molecule has 0 spiro atoms. The highest BCUT2D eigenvalue weighted by Gasteiger charge is 2.33. The molecule has 23 heavy (non-hydrogen) atoms. The Kier molecular flexibility index (Phi) is 5.48. The Morgan fingerprint density at radius 3 is 2.57 bits per heavy atom. The number of benzene rings is 1. The van der Waals surface area contributed by atoms with E-state index in [1.54, 1.807) is 13.1 Å². The zero-order valence-electron chi connectivity index (χ0n) is 13.5. The molecule has 0 saturated carbocycles. The van der Waals surface area contributed by atoms with Gasteiger partial charge in [0.2, 0.25) is 15.9 Å². The summed E-state index contributed by atoms with van der Waals surface area (Å²) >= 11 is 0. The van der Waals surface area contributed by atoms with Crippen molar-refractivity contribution in [3.05, 3.63) is 18.2 Å². The number of piperidine rings is 1. The molecule has 1 heterocycles. The van der Waals surface area contributed by atoms with Crippen LogP contribution in [0.3, 0.4) is 0 Å². The first-order valence-electron chi connectivity index (χ1n) is 7.37. The van der Waals surface area contributed by atoms with Gasteiger partial charge in [-0.25, -0.2) is 8.42 Å². The van der Waals surface area contributed by atoms with E-state index in [9.17, 15) is 13.2 Å². The summed E-state index contributed by atoms with van der Waals surface area (Å²) in [5.74, 6) is 0.377. The van der Waals surface area contributed by atoms with Gasteiger partial charge in [-0.05, 0) is 25.0 Å². The first kappa shape index (κ1) is 17.6. The highest BCUT2D eigenvalue weighted by Crippen LogP contribution is 2.31. The number of nitrogens with one attached hydrogen (secondary N) is 1. The van der Waals surface area contributed by atoms with Gasteiger partial charge in [0.05, 0.1) is 25.0 Å². The summed E-state index contributed by atoms with van der Waals surface area (Å²) in [4.78, 5) is 11.9. The zero-order valence-corrected chi connectivity index (χ0v) is 14.4. The van der Waals surface area contributed by atoms with Crippen LogP contribution in [0.5, 0.6) is 11.5 Å². The maximum absolute atomic E-state index is 12.8. The number of ether oxygens (including phenoxy) is 2. The van der Waals surface area contributed by atoms with E-state index in [-0.39, 0.29) is 23.3 Å². The standard InChI is InChI=1S/C15H22N2O5S/c1-16-15(18)11-5-4-8-17(10-11)23(19,20)12-6-7-13(21-2)14(9-12)22-3/h6-7,9,11H,4-5,8,10H2,1-3H3,(H,16,18)/t11-/m1/s1. The van der Waals surface area contributed by atoms with E-state index in [4.69, 9.17) is 9.47 Å². The molecule has 0 aliphatic carbocycles. The fraction of sp³-hybridized carbons (Fsp3) is 0.533. The van der Waals surface area contributed by atoms with Crippen molar-refractivity contribution in [1.82, 2.24) is 9.62 Å². The van der Waals surface area contributed by atoms with E-state index >= 15 is 0 Å². The quantitative estimate of drug-likeness (QED) is 0.857. The molecule has 1 aromatic rings. The predicted molar refractivity (Wildman–Crippen MR) is 85.1 cm³/mol. The normalized spacial score (nSPS) is 19.2.